The molecule has 12 heteroatoms. The lowest BCUT2D eigenvalue weighted by atomic mass is 10.3. The molecule has 0 fully saturated rings. The highest BCUT2D eigenvalue weighted by molar-refractivity contribution is 6.34. The number of aryl methyl sites for hydroxylation is 2. The third-order valence-corrected chi connectivity index (χ3v) is 6.09. The van der Waals surface area contributed by atoms with Crippen LogP contribution in [0.25, 0.3) is 22.1 Å². The quantitative estimate of drug-likeness (QED) is 0.228. The zero-order valence-electron chi connectivity index (χ0n) is 22.6. The van der Waals surface area contributed by atoms with Gasteiger partial charge in [0, 0.05) is 31.2 Å². The molecule has 0 saturated carbocycles. The Morgan fingerprint density at radius 2 is 1.33 bits per heavy atom. The molecule has 0 unspecified atom stereocenters. The van der Waals surface area contributed by atoms with Crippen LogP contribution in [0, 0.1) is 35.3 Å². The number of hydrogen-bond donors (Lipinski definition) is 0. The monoisotopic (exact) mass is 598 g/mol. The van der Waals surface area contributed by atoms with E-state index >= 15 is 0 Å². The highest BCUT2D eigenvalue weighted by atomic mass is 35.5. The standard InChI is InChI=1S/C16H12ClFN4.C15H10F2N4/c17-14-8-4-9-15-16(14)21-22(20-15)10-2-1-5-12-6-3-7-13(11-18)19-12;16-12-9-14-15(10-13(12)17)20-21(19-14)8-4-2-6-11-5-1-3-7-18-11/h3-4,6-9H,2,10-11H2;1,3,5,7,9-10H,4,8H2. The maximum Gasteiger partial charge on any atom is 0.161 e. The van der Waals surface area contributed by atoms with Crippen molar-refractivity contribution in [2.45, 2.75) is 32.6 Å². The Labute approximate surface area is 249 Å². The van der Waals surface area contributed by atoms with Crippen LogP contribution in [-0.4, -0.2) is 40.0 Å². The van der Waals surface area contributed by atoms with E-state index in [2.05, 4.69) is 54.0 Å². The van der Waals surface area contributed by atoms with Gasteiger partial charge in [-0.05, 0) is 48.2 Å². The van der Waals surface area contributed by atoms with Gasteiger partial charge >= 0.3 is 0 Å². The number of benzene rings is 2. The van der Waals surface area contributed by atoms with Gasteiger partial charge in [-0.15, -0.1) is 0 Å². The van der Waals surface area contributed by atoms with Gasteiger partial charge in [0.25, 0.3) is 0 Å². The minimum Gasteiger partial charge on any atom is -0.248 e. The molecule has 0 bridgehead atoms. The first-order valence-corrected chi connectivity index (χ1v) is 13.5. The lowest BCUT2D eigenvalue weighted by Crippen LogP contribution is -2.01. The summed E-state index contributed by atoms with van der Waals surface area (Å²) >= 11 is 6.06. The van der Waals surface area contributed by atoms with Crippen LogP contribution in [0.4, 0.5) is 13.2 Å². The van der Waals surface area contributed by atoms with Gasteiger partial charge in [-0.1, -0.05) is 41.6 Å². The first kappa shape index (κ1) is 29.2. The van der Waals surface area contributed by atoms with Crippen LogP contribution in [0.2, 0.25) is 5.02 Å². The number of pyridine rings is 2. The molecule has 0 amide bonds. The molecule has 0 aliphatic heterocycles. The van der Waals surface area contributed by atoms with E-state index in [1.807, 2.05) is 30.3 Å². The summed E-state index contributed by atoms with van der Waals surface area (Å²) in [5.41, 5.74) is 3.75. The van der Waals surface area contributed by atoms with Crippen molar-refractivity contribution in [3.63, 3.8) is 0 Å². The second kappa shape index (κ2) is 14.1. The minimum atomic E-state index is -0.926. The summed E-state index contributed by atoms with van der Waals surface area (Å²) in [5, 5.41) is 17.4. The lowest BCUT2D eigenvalue weighted by molar-refractivity contribution is 0.476. The second-order valence-corrected chi connectivity index (χ2v) is 9.33. The van der Waals surface area contributed by atoms with Crippen molar-refractivity contribution < 1.29 is 13.2 Å². The first-order valence-electron chi connectivity index (χ1n) is 13.1. The Kier molecular flexibility index (Phi) is 9.57. The third-order valence-electron chi connectivity index (χ3n) is 5.78. The molecule has 214 valence electrons. The zero-order valence-corrected chi connectivity index (χ0v) is 23.3. The predicted molar refractivity (Wildman–Crippen MR) is 156 cm³/mol. The van der Waals surface area contributed by atoms with Crippen molar-refractivity contribution in [3.8, 4) is 23.7 Å². The minimum absolute atomic E-state index is 0.326. The largest absolute Gasteiger partial charge is 0.248 e. The van der Waals surface area contributed by atoms with Crippen LogP contribution in [-0.2, 0) is 19.8 Å². The summed E-state index contributed by atoms with van der Waals surface area (Å²) in [6.45, 7) is 0.415. The summed E-state index contributed by atoms with van der Waals surface area (Å²) in [4.78, 5) is 11.1. The second-order valence-electron chi connectivity index (χ2n) is 8.92. The number of halogens is 4. The summed E-state index contributed by atoms with van der Waals surface area (Å²) < 4.78 is 38.6. The van der Waals surface area contributed by atoms with Crippen molar-refractivity contribution >= 4 is 33.7 Å². The summed E-state index contributed by atoms with van der Waals surface area (Å²) in [5.74, 6) is 9.92. The van der Waals surface area contributed by atoms with Crippen LogP contribution in [0.5, 0.6) is 0 Å². The van der Waals surface area contributed by atoms with Crippen molar-refractivity contribution in [3.05, 3.63) is 107 Å². The fourth-order valence-corrected chi connectivity index (χ4v) is 3.99. The van der Waals surface area contributed by atoms with Crippen LogP contribution >= 0.6 is 11.6 Å². The van der Waals surface area contributed by atoms with E-state index in [-0.39, 0.29) is 0 Å². The van der Waals surface area contributed by atoms with Gasteiger partial charge in [0.05, 0.1) is 23.8 Å². The highest BCUT2D eigenvalue weighted by Crippen LogP contribution is 2.19. The first-order chi connectivity index (χ1) is 21.0. The predicted octanol–water partition coefficient (Wildman–Crippen LogP) is 5.94. The number of hydrogen-bond acceptors (Lipinski definition) is 6. The SMILES string of the molecule is FCc1cccc(C#CCCn2nc3cccc(Cl)c3n2)n1.Fc1cc2nn(CCC#Cc3ccccn3)nc2cc1F. The van der Waals surface area contributed by atoms with Crippen LogP contribution in [0.1, 0.15) is 29.9 Å². The Hall–Kier alpha value is -5.26. The molecule has 6 rings (SSSR count). The molecule has 6 aromatic rings. The molecule has 4 aromatic heterocycles. The van der Waals surface area contributed by atoms with Crippen LogP contribution in [0.15, 0.2) is 72.9 Å². The molecule has 0 radical (unpaired) electrons. The van der Waals surface area contributed by atoms with E-state index in [1.165, 1.54) is 4.80 Å². The van der Waals surface area contributed by atoms with Gasteiger partial charge < -0.3 is 0 Å². The van der Waals surface area contributed by atoms with Crippen molar-refractivity contribution in [2.75, 3.05) is 0 Å². The molecule has 0 spiro atoms. The normalized spacial score (nSPS) is 10.4. The fraction of sp³-hybridized carbons (Fsp3) is 0.161. The molecule has 0 aliphatic carbocycles. The van der Waals surface area contributed by atoms with Gasteiger partial charge in [-0.2, -0.15) is 30.0 Å². The van der Waals surface area contributed by atoms with Gasteiger partial charge in [0.1, 0.15) is 40.1 Å². The molecule has 0 atom stereocenters. The van der Waals surface area contributed by atoms with E-state index in [0.717, 1.165) is 17.6 Å². The van der Waals surface area contributed by atoms with Crippen LogP contribution in [0.3, 0.4) is 0 Å². The summed E-state index contributed by atoms with van der Waals surface area (Å²) in [6, 6.07) is 18.2. The Bertz CT molecular complexity index is 1950. The summed E-state index contributed by atoms with van der Waals surface area (Å²) in [6.07, 6.45) is 2.76. The van der Waals surface area contributed by atoms with E-state index in [9.17, 15) is 13.2 Å². The van der Waals surface area contributed by atoms with Gasteiger partial charge in [0.15, 0.2) is 11.6 Å². The molecule has 43 heavy (non-hydrogen) atoms. The number of alkyl halides is 1. The fourth-order valence-electron chi connectivity index (χ4n) is 3.78. The highest BCUT2D eigenvalue weighted by Gasteiger charge is 2.09. The van der Waals surface area contributed by atoms with E-state index in [1.54, 1.807) is 35.3 Å². The topological polar surface area (TPSA) is 87.2 Å². The van der Waals surface area contributed by atoms with E-state index < -0.39 is 18.3 Å². The van der Waals surface area contributed by atoms with E-state index in [4.69, 9.17) is 11.6 Å². The number of nitrogens with zero attached hydrogens (tertiary/aromatic N) is 8. The van der Waals surface area contributed by atoms with Gasteiger partial charge in [0.2, 0.25) is 0 Å². The summed E-state index contributed by atoms with van der Waals surface area (Å²) in [7, 11) is 0. The molecular formula is C31H22ClF3N8. The Balaban J connectivity index is 0.000000171. The molecule has 8 nitrogen and oxygen atoms in total. The number of rotatable bonds is 5. The maximum atomic E-state index is 13.1. The molecule has 0 N–H and O–H groups in total. The average molecular weight is 599 g/mol. The third kappa shape index (κ3) is 7.94. The molecule has 4 heterocycles. The average Bonchev–Trinajstić information content (AvgIpc) is 3.63. The molecule has 0 aliphatic rings. The lowest BCUT2D eigenvalue weighted by Gasteiger charge is -1.94. The van der Waals surface area contributed by atoms with Gasteiger partial charge in [-0.25, -0.2) is 23.1 Å². The van der Waals surface area contributed by atoms with Crippen molar-refractivity contribution in [1.29, 1.82) is 0 Å². The molecule has 2 aromatic carbocycles. The van der Waals surface area contributed by atoms with Gasteiger partial charge in [-0.3, -0.25) is 0 Å². The zero-order chi connectivity index (χ0) is 30.0. The van der Waals surface area contributed by atoms with Crippen LogP contribution < -0.4 is 0 Å². The van der Waals surface area contributed by atoms with Crippen molar-refractivity contribution in [2.24, 2.45) is 0 Å². The maximum absolute atomic E-state index is 13.1. The number of fused-ring (bicyclic) bond motifs is 2. The van der Waals surface area contributed by atoms with Crippen molar-refractivity contribution in [1.82, 2.24) is 40.0 Å². The Morgan fingerprint density at radius 1 is 0.698 bits per heavy atom. The smallest absolute Gasteiger partial charge is 0.161 e. The number of aromatic nitrogens is 8. The Morgan fingerprint density at radius 3 is 1.98 bits per heavy atom. The molecular weight excluding hydrogens is 577 g/mol. The molecule has 0 saturated heterocycles. The van der Waals surface area contributed by atoms with E-state index in [0.29, 0.717) is 64.6 Å².